The van der Waals surface area contributed by atoms with Crippen LogP contribution in [0.2, 0.25) is 0 Å². The Bertz CT molecular complexity index is 1530. The summed E-state index contributed by atoms with van der Waals surface area (Å²) in [6.45, 7) is 13.8. The highest BCUT2D eigenvalue weighted by molar-refractivity contribution is 5.92. The van der Waals surface area contributed by atoms with E-state index in [1.165, 1.54) is 0 Å². The first-order chi connectivity index (χ1) is 27.3. The fraction of sp³-hybridized carbons (Fsp3) is 0.636. The van der Waals surface area contributed by atoms with Gasteiger partial charge in [0.25, 0.3) is 0 Å². The van der Waals surface area contributed by atoms with Crippen molar-refractivity contribution in [1.29, 1.82) is 0 Å². The molecule has 0 spiro atoms. The van der Waals surface area contributed by atoms with Crippen molar-refractivity contribution in [3.05, 3.63) is 57.6 Å². The fourth-order valence-corrected chi connectivity index (χ4v) is 7.69. The van der Waals surface area contributed by atoms with E-state index in [1.54, 1.807) is 23.9 Å². The average molecular weight is 793 g/mol. The number of aliphatic hydroxyl groups is 2. The second-order valence-corrected chi connectivity index (χ2v) is 16.2. The van der Waals surface area contributed by atoms with Crippen LogP contribution in [0.15, 0.2) is 24.3 Å². The molecule has 13 heteroatoms. The Kier molecular flexibility index (Phi) is 18.4. The molecule has 2 aromatic carbocycles. The number of carbonyl (C=O) groups is 4. The Morgan fingerprint density at radius 1 is 0.614 bits per heavy atom. The number of ether oxygens (including phenoxy) is 1. The number of aliphatic hydroxyl groups excluding tert-OH is 2. The van der Waals surface area contributed by atoms with E-state index in [0.29, 0.717) is 51.6 Å². The first-order valence-electron chi connectivity index (χ1n) is 20.9. The third-order valence-electron chi connectivity index (χ3n) is 11.6. The van der Waals surface area contributed by atoms with Crippen molar-refractivity contribution in [1.82, 2.24) is 19.6 Å². The van der Waals surface area contributed by atoms with E-state index < -0.39 is 0 Å². The highest BCUT2D eigenvalue weighted by Crippen LogP contribution is 2.24. The summed E-state index contributed by atoms with van der Waals surface area (Å²) in [4.78, 5) is 58.9. The van der Waals surface area contributed by atoms with Gasteiger partial charge in [-0.1, -0.05) is 12.1 Å². The predicted octanol–water partition coefficient (Wildman–Crippen LogP) is 4.68. The minimum Gasteiger partial charge on any atom is -0.392 e. The Morgan fingerprint density at radius 2 is 0.982 bits per heavy atom. The number of nitrogens with zero attached hydrogens (tertiary/aromatic N) is 4. The van der Waals surface area contributed by atoms with Gasteiger partial charge in [0, 0.05) is 104 Å². The quantitative estimate of drug-likeness (QED) is 0.150. The van der Waals surface area contributed by atoms with Crippen molar-refractivity contribution >= 4 is 35.0 Å². The Morgan fingerprint density at radius 3 is 1.33 bits per heavy atom. The molecule has 0 radical (unpaired) electrons. The fourth-order valence-electron chi connectivity index (χ4n) is 7.69. The van der Waals surface area contributed by atoms with Crippen LogP contribution in [-0.2, 0) is 37.1 Å². The van der Waals surface area contributed by atoms with Crippen molar-refractivity contribution in [2.45, 2.75) is 117 Å². The molecule has 0 bridgehead atoms. The molecule has 0 aromatic heterocycles. The van der Waals surface area contributed by atoms with Crippen LogP contribution >= 0.6 is 0 Å². The number of carbonyl (C=O) groups excluding carboxylic acids is 4. The maximum Gasteiger partial charge on any atom is 0.224 e. The van der Waals surface area contributed by atoms with Crippen LogP contribution in [0.25, 0.3) is 0 Å². The summed E-state index contributed by atoms with van der Waals surface area (Å²) < 4.78 is 6.51. The molecule has 316 valence electrons. The second kappa shape index (κ2) is 22.9. The molecule has 2 aliphatic heterocycles. The van der Waals surface area contributed by atoms with Crippen molar-refractivity contribution < 1.29 is 34.1 Å². The van der Waals surface area contributed by atoms with Crippen LogP contribution in [0, 0.1) is 27.7 Å². The minimum atomic E-state index is -0.0805. The number of anilines is 2. The number of hydrogen-bond donors (Lipinski definition) is 4. The zero-order valence-electron chi connectivity index (χ0n) is 35.3. The molecule has 0 unspecified atom stereocenters. The van der Waals surface area contributed by atoms with Crippen molar-refractivity contribution in [3.8, 4) is 0 Å². The number of amides is 4. The molecule has 0 atom stereocenters. The number of likely N-dealkylation sites (tertiary alicyclic amines) is 2. The summed E-state index contributed by atoms with van der Waals surface area (Å²) in [5.74, 6) is 0.0206. The highest BCUT2D eigenvalue weighted by Gasteiger charge is 2.27. The lowest BCUT2D eigenvalue weighted by Gasteiger charge is -2.37. The Balaban J connectivity index is 1.01. The average Bonchev–Trinajstić information content (AvgIpc) is 3.19. The van der Waals surface area contributed by atoms with E-state index >= 15 is 0 Å². The van der Waals surface area contributed by atoms with Gasteiger partial charge in [0.1, 0.15) is 0 Å². The summed E-state index contributed by atoms with van der Waals surface area (Å²) >= 11 is 0. The Labute approximate surface area is 340 Å². The van der Waals surface area contributed by atoms with Crippen LogP contribution in [0.3, 0.4) is 0 Å². The van der Waals surface area contributed by atoms with Crippen molar-refractivity contribution in [3.63, 3.8) is 0 Å². The molecule has 2 saturated heterocycles. The number of benzene rings is 2. The third-order valence-corrected chi connectivity index (χ3v) is 11.6. The van der Waals surface area contributed by atoms with Crippen LogP contribution in [-0.4, -0.2) is 132 Å². The van der Waals surface area contributed by atoms with Gasteiger partial charge < -0.3 is 45.2 Å². The molecule has 0 aliphatic carbocycles. The van der Waals surface area contributed by atoms with Gasteiger partial charge in [0.2, 0.25) is 23.6 Å². The molecule has 2 aromatic rings. The molecule has 2 fully saturated rings. The van der Waals surface area contributed by atoms with E-state index in [1.807, 2.05) is 52.0 Å². The summed E-state index contributed by atoms with van der Waals surface area (Å²) in [5, 5.41) is 24.8. The lowest BCUT2D eigenvalue weighted by Crippen LogP contribution is -2.43. The first-order valence-corrected chi connectivity index (χ1v) is 20.9. The molecular formula is C44H68N6O7. The van der Waals surface area contributed by atoms with Gasteiger partial charge in [-0.2, -0.15) is 0 Å². The van der Waals surface area contributed by atoms with Crippen LogP contribution in [0.1, 0.15) is 97.6 Å². The van der Waals surface area contributed by atoms with E-state index in [0.717, 1.165) is 110 Å². The molecule has 4 amide bonds. The highest BCUT2D eigenvalue weighted by atomic mass is 16.5. The third kappa shape index (κ3) is 14.8. The number of aryl methyl sites for hydroxylation is 4. The first kappa shape index (κ1) is 45.8. The number of rotatable bonds is 20. The minimum absolute atomic E-state index is 0.0275. The molecule has 57 heavy (non-hydrogen) atoms. The molecular weight excluding hydrogens is 725 g/mol. The van der Waals surface area contributed by atoms with E-state index in [4.69, 9.17) is 4.74 Å². The second-order valence-electron chi connectivity index (χ2n) is 16.2. The number of nitrogens with one attached hydrogen (secondary N) is 2. The molecule has 4 rings (SSSR count). The molecule has 2 aliphatic rings. The van der Waals surface area contributed by atoms with Gasteiger partial charge in [-0.15, -0.1) is 0 Å². The SMILES string of the molecule is Cc1cc(NC(=O)CCCN(C)C(=O)CCN2CCC(OC3CCN(CCC(=O)N(C)CCCC(=O)Nc4cc(C)c(CO)cc4C)CC3)CC2)c(C)cc1CO. The van der Waals surface area contributed by atoms with Crippen LogP contribution in [0.4, 0.5) is 11.4 Å². The van der Waals surface area contributed by atoms with Crippen molar-refractivity contribution in [2.24, 2.45) is 0 Å². The lowest BCUT2D eigenvalue weighted by atomic mass is 10.0. The molecule has 0 saturated carbocycles. The van der Waals surface area contributed by atoms with E-state index in [-0.39, 0.29) is 49.1 Å². The topological polar surface area (TPSA) is 155 Å². The number of hydrogen-bond acceptors (Lipinski definition) is 9. The molecule has 2 heterocycles. The summed E-state index contributed by atoms with van der Waals surface area (Å²) in [6.07, 6.45) is 7.06. The predicted molar refractivity (Wildman–Crippen MR) is 224 cm³/mol. The summed E-state index contributed by atoms with van der Waals surface area (Å²) in [6, 6.07) is 7.57. The van der Waals surface area contributed by atoms with Gasteiger partial charge in [-0.05, 0) is 112 Å². The molecule has 4 N–H and O–H groups in total. The maximum atomic E-state index is 12.8. The lowest BCUT2D eigenvalue weighted by molar-refractivity contribution is -0.131. The van der Waals surface area contributed by atoms with Gasteiger partial charge in [-0.25, -0.2) is 0 Å². The van der Waals surface area contributed by atoms with Crippen LogP contribution < -0.4 is 10.6 Å². The van der Waals surface area contributed by atoms with Gasteiger partial charge in [0.05, 0.1) is 25.4 Å². The summed E-state index contributed by atoms with van der Waals surface area (Å²) in [5.41, 5.74) is 6.92. The van der Waals surface area contributed by atoms with Crippen LogP contribution in [0.5, 0.6) is 0 Å². The normalized spacial score (nSPS) is 15.7. The zero-order valence-corrected chi connectivity index (χ0v) is 35.3. The summed E-state index contributed by atoms with van der Waals surface area (Å²) in [7, 11) is 3.61. The zero-order chi connectivity index (χ0) is 41.5. The largest absolute Gasteiger partial charge is 0.392 e. The van der Waals surface area contributed by atoms with Crippen molar-refractivity contribution in [2.75, 3.05) is 77.1 Å². The van der Waals surface area contributed by atoms with Gasteiger partial charge >= 0.3 is 0 Å². The van der Waals surface area contributed by atoms with Gasteiger partial charge in [-0.3, -0.25) is 19.2 Å². The van der Waals surface area contributed by atoms with Gasteiger partial charge in [0.15, 0.2) is 0 Å². The smallest absolute Gasteiger partial charge is 0.224 e. The van der Waals surface area contributed by atoms with E-state index in [9.17, 15) is 29.4 Å². The monoisotopic (exact) mass is 793 g/mol. The standard InChI is InChI=1S/C44H68N6O7/c1-31-27-39(33(3)25-35(31)29-51)45-41(53)9-7-17-47(5)43(55)15-23-49-19-11-37(12-20-49)57-38-13-21-50(22-14-38)24-16-44(56)48(6)18-8-10-42(54)46-40-28-32(2)36(30-52)26-34(40)4/h25-28,37-38,51-52H,7-24,29-30H2,1-6H3,(H,45,53)(H,46,54). The Hall–Kier alpha value is -3.88. The maximum absolute atomic E-state index is 12.8. The van der Waals surface area contributed by atoms with E-state index in [2.05, 4.69) is 20.4 Å². The number of piperidine rings is 2. The molecule has 13 nitrogen and oxygen atoms in total.